The first-order valence-corrected chi connectivity index (χ1v) is 11.4. The number of unbranched alkanes of at least 4 members (excludes halogenated alkanes) is 3. The highest BCUT2D eigenvalue weighted by molar-refractivity contribution is 5.88. The molecule has 0 bridgehead atoms. The first-order chi connectivity index (χ1) is 15.6. The minimum absolute atomic E-state index is 0.376. The fourth-order valence-corrected chi connectivity index (χ4v) is 4.14. The van der Waals surface area contributed by atoms with Gasteiger partial charge in [-0.05, 0) is 41.8 Å². The van der Waals surface area contributed by atoms with Crippen molar-refractivity contribution in [2.45, 2.75) is 59.0 Å². The lowest BCUT2D eigenvalue weighted by molar-refractivity contribution is 0.415. The van der Waals surface area contributed by atoms with Crippen molar-refractivity contribution in [1.29, 1.82) is 0 Å². The summed E-state index contributed by atoms with van der Waals surface area (Å²) < 4.78 is 8.92. The van der Waals surface area contributed by atoms with Gasteiger partial charge in [0.1, 0.15) is 11.6 Å². The van der Waals surface area contributed by atoms with Gasteiger partial charge in [0.05, 0.1) is 7.11 Å². The molecule has 0 saturated heterocycles. The van der Waals surface area contributed by atoms with Crippen LogP contribution in [-0.4, -0.2) is 26.2 Å². The van der Waals surface area contributed by atoms with Crippen LogP contribution in [0.4, 0.5) is 0 Å². The molecule has 2 aromatic carbocycles. The number of hydrogen-bond donors (Lipinski definition) is 1. The van der Waals surface area contributed by atoms with Crippen molar-refractivity contribution in [3.05, 3.63) is 57.2 Å². The third-order valence-corrected chi connectivity index (χ3v) is 5.91. The molecule has 7 heteroatoms. The van der Waals surface area contributed by atoms with Crippen LogP contribution in [0.25, 0.3) is 33.3 Å². The maximum atomic E-state index is 12.9. The van der Waals surface area contributed by atoms with Gasteiger partial charge < -0.3 is 9.30 Å². The van der Waals surface area contributed by atoms with Crippen molar-refractivity contribution >= 4 is 21.9 Å². The Hall–Kier alpha value is -3.35. The summed E-state index contributed by atoms with van der Waals surface area (Å²) in [5.41, 5.74) is 1.09. The molecule has 0 radical (unpaired) electrons. The Morgan fingerprint density at radius 3 is 2.38 bits per heavy atom. The van der Waals surface area contributed by atoms with Crippen molar-refractivity contribution in [2.75, 3.05) is 7.11 Å². The first kappa shape index (κ1) is 21.9. The molecular formula is C25H30N4O3. The van der Waals surface area contributed by atoms with Gasteiger partial charge in [-0.2, -0.15) is 0 Å². The van der Waals surface area contributed by atoms with Crippen LogP contribution in [0.15, 0.2) is 46.0 Å². The number of rotatable bonds is 9. The van der Waals surface area contributed by atoms with E-state index in [-0.39, 0.29) is 5.56 Å². The summed E-state index contributed by atoms with van der Waals surface area (Å²) in [7, 11) is 1.66. The lowest BCUT2D eigenvalue weighted by Gasteiger charge is -2.10. The predicted octanol–water partition coefficient (Wildman–Crippen LogP) is 4.71. The second-order valence-corrected chi connectivity index (χ2v) is 8.16. The van der Waals surface area contributed by atoms with Crippen LogP contribution in [0, 0.1) is 0 Å². The van der Waals surface area contributed by atoms with E-state index in [1.54, 1.807) is 11.7 Å². The minimum atomic E-state index is -0.397. The monoisotopic (exact) mass is 434 g/mol. The van der Waals surface area contributed by atoms with Crippen LogP contribution in [0.2, 0.25) is 0 Å². The third kappa shape index (κ3) is 4.07. The molecule has 2 heterocycles. The topological polar surface area (TPSA) is 81.9 Å². The van der Waals surface area contributed by atoms with E-state index in [1.165, 1.54) is 0 Å². The van der Waals surface area contributed by atoms with E-state index in [0.29, 0.717) is 24.3 Å². The number of ether oxygens (including phenoxy) is 1. The van der Waals surface area contributed by atoms with Crippen molar-refractivity contribution in [1.82, 2.24) is 19.1 Å². The van der Waals surface area contributed by atoms with Gasteiger partial charge in [0.2, 0.25) is 0 Å². The summed E-state index contributed by atoms with van der Waals surface area (Å²) in [5.74, 6) is 1.53. The van der Waals surface area contributed by atoms with E-state index in [2.05, 4.69) is 24.9 Å². The molecule has 4 aromatic rings. The molecule has 0 aliphatic heterocycles. The van der Waals surface area contributed by atoms with Gasteiger partial charge in [0.15, 0.2) is 11.2 Å². The molecule has 0 atom stereocenters. The van der Waals surface area contributed by atoms with E-state index in [4.69, 9.17) is 9.72 Å². The largest absolute Gasteiger partial charge is 0.497 e. The highest BCUT2D eigenvalue weighted by atomic mass is 16.5. The molecule has 7 nitrogen and oxygen atoms in total. The summed E-state index contributed by atoms with van der Waals surface area (Å²) in [5, 5.41) is 2.13. The lowest BCUT2D eigenvalue weighted by Crippen LogP contribution is -2.31. The fraction of sp³-hybridized carbons (Fsp3) is 0.400. The van der Waals surface area contributed by atoms with Crippen LogP contribution in [0.1, 0.15) is 46.0 Å². The average Bonchev–Trinajstić information content (AvgIpc) is 3.18. The second kappa shape index (κ2) is 9.42. The Morgan fingerprint density at radius 1 is 0.906 bits per heavy atom. The summed E-state index contributed by atoms with van der Waals surface area (Å²) in [6, 6.07) is 12.1. The second-order valence-electron chi connectivity index (χ2n) is 8.16. The van der Waals surface area contributed by atoms with Gasteiger partial charge in [0.25, 0.3) is 5.56 Å². The Kier molecular flexibility index (Phi) is 6.44. The maximum Gasteiger partial charge on any atom is 0.330 e. The number of hydrogen-bond acceptors (Lipinski definition) is 4. The molecule has 0 spiro atoms. The van der Waals surface area contributed by atoms with Crippen molar-refractivity contribution < 1.29 is 4.74 Å². The lowest BCUT2D eigenvalue weighted by atomic mass is 10.1. The van der Waals surface area contributed by atoms with E-state index >= 15 is 0 Å². The molecule has 0 aliphatic carbocycles. The number of fused-ring (bicyclic) bond motifs is 2. The summed E-state index contributed by atoms with van der Waals surface area (Å²) in [6.45, 7) is 5.44. The smallest absolute Gasteiger partial charge is 0.330 e. The molecule has 0 aliphatic rings. The van der Waals surface area contributed by atoms with Crippen molar-refractivity contribution in [3.63, 3.8) is 0 Å². The fourth-order valence-electron chi connectivity index (χ4n) is 4.14. The molecule has 0 amide bonds. The molecule has 0 fully saturated rings. The molecule has 0 unspecified atom stereocenters. The van der Waals surface area contributed by atoms with Gasteiger partial charge in [-0.1, -0.05) is 51.3 Å². The van der Waals surface area contributed by atoms with Gasteiger partial charge in [-0.15, -0.1) is 0 Å². The molecule has 4 rings (SSSR count). The van der Waals surface area contributed by atoms with Crippen LogP contribution in [0.3, 0.4) is 0 Å². The molecule has 0 saturated carbocycles. The summed E-state index contributed by atoms with van der Waals surface area (Å²) in [4.78, 5) is 32.8. The molecule has 2 aromatic heterocycles. The van der Waals surface area contributed by atoms with Crippen LogP contribution in [-0.2, 0) is 13.1 Å². The Labute approximate surface area is 186 Å². The normalized spacial score (nSPS) is 11.5. The number of aryl methyl sites for hydroxylation is 2. The van der Waals surface area contributed by atoms with Crippen molar-refractivity contribution in [2.24, 2.45) is 0 Å². The van der Waals surface area contributed by atoms with Gasteiger partial charge in [-0.25, -0.2) is 9.78 Å². The highest BCUT2D eigenvalue weighted by Crippen LogP contribution is 2.28. The molecule has 1 N–H and O–H groups in total. The number of aromatic nitrogens is 4. The number of benzene rings is 2. The zero-order valence-corrected chi connectivity index (χ0v) is 19.0. The van der Waals surface area contributed by atoms with E-state index in [1.807, 2.05) is 34.9 Å². The number of methoxy groups -OCH3 is 1. The number of nitrogens with one attached hydrogen (secondary N) is 1. The zero-order valence-electron chi connectivity index (χ0n) is 19.0. The van der Waals surface area contributed by atoms with Crippen LogP contribution in [0.5, 0.6) is 5.75 Å². The van der Waals surface area contributed by atoms with Crippen LogP contribution >= 0.6 is 0 Å². The van der Waals surface area contributed by atoms with Crippen LogP contribution < -0.4 is 16.0 Å². The van der Waals surface area contributed by atoms with E-state index in [0.717, 1.165) is 60.0 Å². The standard InChI is InChI=1S/C25H30N4O3/c1-4-6-8-14-28-21-23(29(13-7-5-2)25(31)27-24(21)30)26-22(28)19-10-9-18-16-20(32-3)12-11-17(18)15-19/h9-12,15-16H,4-8,13-14H2,1-3H3,(H,27,30,31). The van der Waals surface area contributed by atoms with Gasteiger partial charge in [-0.3, -0.25) is 14.3 Å². The Bertz CT molecular complexity index is 1360. The SMILES string of the molecule is CCCCCn1c(-c2ccc3cc(OC)ccc3c2)nc2c1c(=O)[nH]c(=O)n2CCCC. The van der Waals surface area contributed by atoms with Crippen molar-refractivity contribution in [3.8, 4) is 17.1 Å². The zero-order chi connectivity index (χ0) is 22.7. The Balaban J connectivity index is 1.93. The maximum absolute atomic E-state index is 12.9. The number of aromatic amines is 1. The quantitative estimate of drug-likeness (QED) is 0.387. The molecule has 32 heavy (non-hydrogen) atoms. The number of nitrogens with zero attached hydrogens (tertiary/aromatic N) is 3. The predicted molar refractivity (Wildman–Crippen MR) is 129 cm³/mol. The Morgan fingerprint density at radius 2 is 1.62 bits per heavy atom. The summed E-state index contributed by atoms with van der Waals surface area (Å²) in [6.07, 6.45) is 4.87. The van der Waals surface area contributed by atoms with Gasteiger partial charge >= 0.3 is 5.69 Å². The number of H-pyrrole nitrogens is 1. The minimum Gasteiger partial charge on any atom is -0.497 e. The third-order valence-electron chi connectivity index (χ3n) is 5.91. The summed E-state index contributed by atoms with van der Waals surface area (Å²) >= 11 is 0. The average molecular weight is 435 g/mol. The van der Waals surface area contributed by atoms with E-state index < -0.39 is 5.69 Å². The van der Waals surface area contributed by atoms with Gasteiger partial charge in [0, 0.05) is 18.7 Å². The molecule has 168 valence electrons. The highest BCUT2D eigenvalue weighted by Gasteiger charge is 2.19. The molecular weight excluding hydrogens is 404 g/mol. The first-order valence-electron chi connectivity index (χ1n) is 11.4. The van der Waals surface area contributed by atoms with E-state index in [9.17, 15) is 9.59 Å². The number of imidazole rings is 1.